The summed E-state index contributed by atoms with van der Waals surface area (Å²) in [5.41, 5.74) is 1.11. The van der Waals surface area contributed by atoms with Crippen LogP contribution in [0.1, 0.15) is 19.0 Å². The van der Waals surface area contributed by atoms with E-state index in [0.717, 1.165) is 49.2 Å². The maximum atomic E-state index is 5.96. The minimum Gasteiger partial charge on any atom is -0.374 e. The maximum absolute atomic E-state index is 5.96. The van der Waals surface area contributed by atoms with Crippen molar-refractivity contribution in [2.75, 3.05) is 33.3 Å². The molecular formula is C15H24BrN3O. The average Bonchev–Trinajstić information content (AvgIpc) is 2.45. The van der Waals surface area contributed by atoms with Gasteiger partial charge in [0.15, 0.2) is 0 Å². The minimum atomic E-state index is 0.241. The van der Waals surface area contributed by atoms with Gasteiger partial charge in [0.2, 0.25) is 0 Å². The number of ether oxygens (including phenoxy) is 1. The second-order valence-electron chi connectivity index (χ2n) is 5.40. The molecular weight excluding hydrogens is 318 g/mol. The molecule has 2 unspecified atom stereocenters. The number of hydrogen-bond donors (Lipinski definition) is 1. The van der Waals surface area contributed by atoms with Crippen molar-refractivity contribution in [2.24, 2.45) is 0 Å². The molecule has 1 fully saturated rings. The molecule has 1 aliphatic heterocycles. The zero-order valence-corrected chi connectivity index (χ0v) is 13.9. The molecule has 0 amide bonds. The first kappa shape index (κ1) is 15.9. The molecule has 1 saturated heterocycles. The molecule has 0 saturated carbocycles. The minimum absolute atomic E-state index is 0.241. The molecule has 1 aromatic rings. The zero-order chi connectivity index (χ0) is 14.4. The topological polar surface area (TPSA) is 37.4 Å². The highest BCUT2D eigenvalue weighted by Crippen LogP contribution is 2.14. The maximum Gasteiger partial charge on any atom is 0.0858 e. The van der Waals surface area contributed by atoms with Gasteiger partial charge in [-0.2, -0.15) is 0 Å². The number of nitrogens with one attached hydrogen (secondary N) is 1. The van der Waals surface area contributed by atoms with E-state index in [0.29, 0.717) is 6.04 Å². The Balaban J connectivity index is 2.00. The average molecular weight is 342 g/mol. The number of halogens is 1. The number of morpholine rings is 1. The fraction of sp³-hybridized carbons (Fsp3) is 0.667. The first-order chi connectivity index (χ1) is 9.69. The summed E-state index contributed by atoms with van der Waals surface area (Å²) in [6, 6.07) is 4.45. The van der Waals surface area contributed by atoms with Crippen molar-refractivity contribution in [2.45, 2.75) is 31.9 Å². The molecule has 1 N–H and O–H groups in total. The van der Waals surface area contributed by atoms with Gasteiger partial charge in [0.1, 0.15) is 0 Å². The van der Waals surface area contributed by atoms with Crippen molar-refractivity contribution < 1.29 is 4.74 Å². The summed E-state index contributed by atoms with van der Waals surface area (Å²) in [4.78, 5) is 6.82. The molecule has 4 nitrogen and oxygen atoms in total. The van der Waals surface area contributed by atoms with E-state index >= 15 is 0 Å². The number of pyridine rings is 1. The van der Waals surface area contributed by atoms with Gasteiger partial charge in [-0.1, -0.05) is 6.92 Å². The van der Waals surface area contributed by atoms with Crippen molar-refractivity contribution in [3.8, 4) is 0 Å². The van der Waals surface area contributed by atoms with Gasteiger partial charge in [0.05, 0.1) is 12.7 Å². The summed E-state index contributed by atoms with van der Waals surface area (Å²) in [7, 11) is 2.16. The fourth-order valence-electron chi connectivity index (χ4n) is 2.47. The van der Waals surface area contributed by atoms with Crippen molar-refractivity contribution in [3.05, 3.63) is 28.5 Å². The van der Waals surface area contributed by atoms with E-state index in [4.69, 9.17) is 4.74 Å². The number of likely N-dealkylation sites (N-methyl/N-ethyl adjacent to an activating group) is 1. The highest BCUT2D eigenvalue weighted by Gasteiger charge is 2.26. The molecule has 1 aliphatic rings. The van der Waals surface area contributed by atoms with E-state index in [1.54, 1.807) is 0 Å². The third-order valence-electron chi connectivity index (χ3n) is 3.62. The molecule has 2 rings (SSSR count). The summed E-state index contributed by atoms with van der Waals surface area (Å²) in [5.74, 6) is 0. The largest absolute Gasteiger partial charge is 0.374 e. The van der Waals surface area contributed by atoms with Crippen LogP contribution in [0.25, 0.3) is 0 Å². The lowest BCUT2D eigenvalue weighted by Crippen LogP contribution is -2.52. The van der Waals surface area contributed by atoms with Crippen LogP contribution in [0.4, 0.5) is 0 Å². The van der Waals surface area contributed by atoms with E-state index in [2.05, 4.69) is 51.2 Å². The van der Waals surface area contributed by atoms with Crippen LogP contribution in [0.2, 0.25) is 0 Å². The first-order valence-electron chi connectivity index (χ1n) is 7.33. The molecule has 0 aliphatic carbocycles. The molecule has 2 heterocycles. The lowest BCUT2D eigenvalue weighted by molar-refractivity contribution is -0.0385. The van der Waals surface area contributed by atoms with Gasteiger partial charge in [-0.05, 0) is 48.1 Å². The molecule has 20 heavy (non-hydrogen) atoms. The molecule has 1 aromatic heterocycles. The summed E-state index contributed by atoms with van der Waals surface area (Å²) in [6.07, 6.45) is 4.14. The Kier molecular flexibility index (Phi) is 6.42. The summed E-state index contributed by atoms with van der Waals surface area (Å²) in [5, 5.41) is 3.62. The Morgan fingerprint density at radius 3 is 3.05 bits per heavy atom. The van der Waals surface area contributed by atoms with E-state index < -0.39 is 0 Å². The summed E-state index contributed by atoms with van der Waals surface area (Å²) < 4.78 is 6.98. The van der Waals surface area contributed by atoms with Gasteiger partial charge in [0.25, 0.3) is 0 Å². The van der Waals surface area contributed by atoms with Crippen LogP contribution < -0.4 is 5.32 Å². The first-order valence-corrected chi connectivity index (χ1v) is 8.12. The van der Waals surface area contributed by atoms with Crippen LogP contribution in [0, 0.1) is 0 Å². The van der Waals surface area contributed by atoms with Gasteiger partial charge < -0.3 is 15.0 Å². The van der Waals surface area contributed by atoms with Gasteiger partial charge in [-0.3, -0.25) is 4.98 Å². The van der Waals surface area contributed by atoms with Gasteiger partial charge >= 0.3 is 0 Å². The predicted octanol–water partition coefficient (Wildman–Crippen LogP) is 2.09. The predicted molar refractivity (Wildman–Crippen MR) is 85.0 cm³/mol. The van der Waals surface area contributed by atoms with Gasteiger partial charge in [-0.15, -0.1) is 0 Å². The molecule has 112 valence electrons. The monoisotopic (exact) mass is 341 g/mol. The van der Waals surface area contributed by atoms with Crippen LogP contribution in [-0.2, 0) is 11.2 Å². The lowest BCUT2D eigenvalue weighted by Gasteiger charge is -2.35. The third-order valence-corrected chi connectivity index (χ3v) is 4.09. The Bertz CT molecular complexity index is 399. The molecule has 5 heteroatoms. The quantitative estimate of drug-likeness (QED) is 0.859. The van der Waals surface area contributed by atoms with E-state index in [1.165, 1.54) is 0 Å². The van der Waals surface area contributed by atoms with Crippen molar-refractivity contribution in [1.82, 2.24) is 15.2 Å². The van der Waals surface area contributed by atoms with Crippen LogP contribution in [0.3, 0.4) is 0 Å². The second-order valence-corrected chi connectivity index (χ2v) is 6.32. The van der Waals surface area contributed by atoms with Crippen molar-refractivity contribution >= 4 is 15.9 Å². The SMILES string of the molecule is CCCNC(Cc1ccc(Br)cn1)C1CN(C)CCO1. The zero-order valence-electron chi connectivity index (χ0n) is 12.3. The lowest BCUT2D eigenvalue weighted by atomic mass is 10.0. The standard InChI is InChI=1S/C15H24BrN3O/c1-3-6-17-14(15-11-19(2)7-8-20-15)9-13-5-4-12(16)10-18-13/h4-5,10,14-15,17H,3,6-9,11H2,1-2H3. The normalized spacial score (nSPS) is 21.9. The van der Waals surface area contributed by atoms with Crippen molar-refractivity contribution in [3.63, 3.8) is 0 Å². The van der Waals surface area contributed by atoms with Crippen LogP contribution in [0.15, 0.2) is 22.8 Å². The van der Waals surface area contributed by atoms with Crippen molar-refractivity contribution in [1.29, 1.82) is 0 Å². The van der Waals surface area contributed by atoms with E-state index in [1.807, 2.05) is 12.3 Å². The van der Waals surface area contributed by atoms with Gasteiger partial charge in [-0.25, -0.2) is 0 Å². The third kappa shape index (κ3) is 4.81. The second kappa shape index (κ2) is 8.08. The van der Waals surface area contributed by atoms with Crippen LogP contribution >= 0.6 is 15.9 Å². The van der Waals surface area contributed by atoms with E-state index in [9.17, 15) is 0 Å². The highest BCUT2D eigenvalue weighted by molar-refractivity contribution is 9.10. The number of hydrogen-bond acceptors (Lipinski definition) is 4. The number of aromatic nitrogens is 1. The number of nitrogens with zero attached hydrogens (tertiary/aromatic N) is 2. The number of rotatable bonds is 6. The molecule has 0 radical (unpaired) electrons. The van der Waals surface area contributed by atoms with Gasteiger partial charge in [0, 0.05) is 41.9 Å². The fourth-order valence-corrected chi connectivity index (χ4v) is 2.71. The van der Waals surface area contributed by atoms with E-state index in [-0.39, 0.29) is 6.10 Å². The van der Waals surface area contributed by atoms with Crippen LogP contribution in [0.5, 0.6) is 0 Å². The summed E-state index contributed by atoms with van der Waals surface area (Å²) in [6.45, 7) is 6.03. The molecule has 0 bridgehead atoms. The smallest absolute Gasteiger partial charge is 0.0858 e. The Morgan fingerprint density at radius 2 is 2.40 bits per heavy atom. The van der Waals surface area contributed by atoms with Crippen LogP contribution in [-0.4, -0.2) is 55.3 Å². The Morgan fingerprint density at radius 1 is 1.55 bits per heavy atom. The molecule has 0 aromatic carbocycles. The highest BCUT2D eigenvalue weighted by atomic mass is 79.9. The summed E-state index contributed by atoms with van der Waals surface area (Å²) >= 11 is 3.43. The molecule has 2 atom stereocenters. The Hall–Kier alpha value is -0.490. The Labute approximate surface area is 130 Å². The molecule has 0 spiro atoms.